The minimum Gasteiger partial charge on any atom is -0.494 e. The lowest BCUT2D eigenvalue weighted by atomic mass is 10.1. The Morgan fingerprint density at radius 1 is 1.04 bits per heavy atom. The predicted octanol–water partition coefficient (Wildman–Crippen LogP) is 4.16. The molecule has 7 nitrogen and oxygen atoms in total. The first kappa shape index (κ1) is 21.3. The number of hydrogen-bond acceptors (Lipinski definition) is 5. The average molecular weight is 382 g/mol. The van der Waals surface area contributed by atoms with Crippen molar-refractivity contribution in [1.29, 1.82) is 0 Å². The Morgan fingerprint density at radius 2 is 1.79 bits per heavy atom. The number of ether oxygens (including phenoxy) is 2. The SMILES string of the molecule is [N-]=[N+]=NCCCCCOc1ccc(C[C@H](N)C(=O)OCc2ccccc2)cc1. The quantitative estimate of drug-likeness (QED) is 0.195. The fourth-order valence-corrected chi connectivity index (χ4v) is 2.59. The van der Waals surface area contributed by atoms with Crippen LogP contribution < -0.4 is 10.5 Å². The van der Waals surface area contributed by atoms with Gasteiger partial charge in [0.05, 0.1) is 6.61 Å². The van der Waals surface area contributed by atoms with Gasteiger partial charge in [-0.2, -0.15) is 0 Å². The van der Waals surface area contributed by atoms with Gasteiger partial charge in [0.1, 0.15) is 18.4 Å². The zero-order chi connectivity index (χ0) is 20.0. The predicted molar refractivity (Wildman–Crippen MR) is 108 cm³/mol. The van der Waals surface area contributed by atoms with Crippen LogP contribution in [-0.2, 0) is 22.6 Å². The summed E-state index contributed by atoms with van der Waals surface area (Å²) in [5, 5.41) is 3.50. The van der Waals surface area contributed by atoms with Gasteiger partial charge in [-0.25, -0.2) is 0 Å². The number of benzene rings is 2. The fourth-order valence-electron chi connectivity index (χ4n) is 2.59. The van der Waals surface area contributed by atoms with Crippen LogP contribution in [0.15, 0.2) is 59.7 Å². The van der Waals surface area contributed by atoms with E-state index >= 15 is 0 Å². The highest BCUT2D eigenvalue weighted by molar-refractivity contribution is 5.75. The van der Waals surface area contributed by atoms with Crippen molar-refractivity contribution in [2.45, 2.75) is 38.3 Å². The summed E-state index contributed by atoms with van der Waals surface area (Å²) in [5.74, 6) is 0.365. The molecule has 0 bridgehead atoms. The molecule has 0 fully saturated rings. The van der Waals surface area contributed by atoms with Crippen LogP contribution in [0, 0.1) is 0 Å². The maximum atomic E-state index is 12.1. The highest BCUT2D eigenvalue weighted by Crippen LogP contribution is 2.14. The Balaban J connectivity index is 1.67. The molecule has 0 radical (unpaired) electrons. The molecule has 148 valence electrons. The van der Waals surface area contributed by atoms with Crippen molar-refractivity contribution in [3.05, 3.63) is 76.2 Å². The van der Waals surface area contributed by atoms with E-state index in [0.717, 1.165) is 36.1 Å². The molecule has 0 aliphatic heterocycles. The van der Waals surface area contributed by atoms with Crippen LogP contribution in [0.2, 0.25) is 0 Å². The molecule has 2 aromatic rings. The minimum absolute atomic E-state index is 0.225. The molecule has 2 rings (SSSR count). The first-order valence-corrected chi connectivity index (χ1v) is 9.38. The minimum atomic E-state index is -0.702. The van der Waals surface area contributed by atoms with E-state index in [4.69, 9.17) is 20.7 Å². The van der Waals surface area contributed by atoms with Gasteiger partial charge in [0.25, 0.3) is 0 Å². The van der Waals surface area contributed by atoms with Crippen molar-refractivity contribution in [2.24, 2.45) is 10.8 Å². The zero-order valence-electron chi connectivity index (χ0n) is 15.9. The molecule has 0 spiro atoms. The average Bonchev–Trinajstić information content (AvgIpc) is 2.73. The summed E-state index contributed by atoms with van der Waals surface area (Å²) in [4.78, 5) is 14.8. The maximum absolute atomic E-state index is 12.1. The molecule has 0 unspecified atom stereocenters. The number of rotatable bonds is 12. The lowest BCUT2D eigenvalue weighted by Crippen LogP contribution is -2.34. The number of unbranched alkanes of at least 4 members (excludes halogenated alkanes) is 2. The van der Waals surface area contributed by atoms with Crippen molar-refractivity contribution < 1.29 is 14.3 Å². The van der Waals surface area contributed by atoms with E-state index in [-0.39, 0.29) is 6.61 Å². The lowest BCUT2D eigenvalue weighted by molar-refractivity contribution is -0.146. The molecule has 0 aromatic heterocycles. The van der Waals surface area contributed by atoms with Crippen LogP contribution in [0.3, 0.4) is 0 Å². The Bertz CT molecular complexity index is 759. The molecule has 0 saturated heterocycles. The highest BCUT2D eigenvalue weighted by atomic mass is 16.5. The molecule has 0 heterocycles. The second-order valence-electron chi connectivity index (χ2n) is 6.41. The molecule has 2 aromatic carbocycles. The third-order valence-electron chi connectivity index (χ3n) is 4.14. The van der Waals surface area contributed by atoms with Crippen molar-refractivity contribution in [3.8, 4) is 5.75 Å². The van der Waals surface area contributed by atoms with E-state index in [2.05, 4.69) is 10.0 Å². The van der Waals surface area contributed by atoms with E-state index in [9.17, 15) is 4.79 Å². The second-order valence-corrected chi connectivity index (χ2v) is 6.41. The van der Waals surface area contributed by atoms with Gasteiger partial charge in [0.15, 0.2) is 0 Å². The van der Waals surface area contributed by atoms with Crippen LogP contribution in [0.25, 0.3) is 10.4 Å². The van der Waals surface area contributed by atoms with Gasteiger partial charge in [0, 0.05) is 11.5 Å². The van der Waals surface area contributed by atoms with E-state index in [1.807, 2.05) is 54.6 Å². The number of hydrogen-bond donors (Lipinski definition) is 1. The number of esters is 1. The molecule has 2 N–H and O–H groups in total. The summed E-state index contributed by atoms with van der Waals surface area (Å²) in [6.07, 6.45) is 3.13. The largest absolute Gasteiger partial charge is 0.494 e. The number of nitrogens with zero attached hydrogens (tertiary/aromatic N) is 3. The summed E-state index contributed by atoms with van der Waals surface area (Å²) >= 11 is 0. The van der Waals surface area contributed by atoms with Gasteiger partial charge in [-0.05, 0) is 54.5 Å². The zero-order valence-corrected chi connectivity index (χ0v) is 15.9. The smallest absolute Gasteiger partial charge is 0.323 e. The monoisotopic (exact) mass is 382 g/mol. The van der Waals surface area contributed by atoms with Crippen molar-refractivity contribution in [1.82, 2.24) is 0 Å². The van der Waals surface area contributed by atoms with Crippen molar-refractivity contribution in [2.75, 3.05) is 13.2 Å². The molecule has 1 atom stereocenters. The van der Waals surface area contributed by atoms with Gasteiger partial charge in [-0.3, -0.25) is 4.79 Å². The summed E-state index contributed by atoms with van der Waals surface area (Å²) in [6.45, 7) is 1.36. The third kappa shape index (κ3) is 8.12. The van der Waals surface area contributed by atoms with Gasteiger partial charge >= 0.3 is 5.97 Å². The topological polar surface area (TPSA) is 110 Å². The van der Waals surface area contributed by atoms with Gasteiger partial charge in [-0.1, -0.05) is 47.6 Å². The number of azide groups is 1. The lowest BCUT2D eigenvalue weighted by Gasteiger charge is -2.12. The summed E-state index contributed by atoms with van der Waals surface area (Å²) in [5.41, 5.74) is 16.0. The van der Waals surface area contributed by atoms with Crippen LogP contribution >= 0.6 is 0 Å². The Labute approximate surface area is 165 Å². The summed E-state index contributed by atoms with van der Waals surface area (Å²) in [6, 6.07) is 16.4. The Morgan fingerprint density at radius 3 is 2.50 bits per heavy atom. The fraction of sp³-hybridized carbons (Fsp3) is 0.381. The summed E-state index contributed by atoms with van der Waals surface area (Å²) < 4.78 is 11.0. The van der Waals surface area contributed by atoms with E-state index in [1.165, 1.54) is 0 Å². The highest BCUT2D eigenvalue weighted by Gasteiger charge is 2.15. The van der Waals surface area contributed by atoms with E-state index in [1.54, 1.807) is 0 Å². The molecule has 0 saturated carbocycles. The molecular formula is C21H26N4O3. The van der Waals surface area contributed by atoms with Crippen LogP contribution in [0.5, 0.6) is 5.75 Å². The summed E-state index contributed by atoms with van der Waals surface area (Å²) in [7, 11) is 0. The van der Waals surface area contributed by atoms with Gasteiger partial charge in [0.2, 0.25) is 0 Å². The third-order valence-corrected chi connectivity index (χ3v) is 4.14. The first-order valence-electron chi connectivity index (χ1n) is 9.38. The molecule has 7 heteroatoms. The van der Waals surface area contributed by atoms with Gasteiger partial charge < -0.3 is 15.2 Å². The van der Waals surface area contributed by atoms with Crippen LogP contribution in [0.1, 0.15) is 30.4 Å². The normalized spacial score (nSPS) is 11.3. The van der Waals surface area contributed by atoms with Crippen molar-refractivity contribution in [3.63, 3.8) is 0 Å². The second kappa shape index (κ2) is 12.4. The molecule has 0 aliphatic carbocycles. The standard InChI is InChI=1S/C21H26N4O3/c22-20(21(26)28-16-18-7-3-1-4-8-18)15-17-9-11-19(12-10-17)27-14-6-2-5-13-24-25-23/h1,3-4,7-12,20H,2,5-6,13-16,22H2/t20-/m0/s1. The maximum Gasteiger partial charge on any atom is 0.323 e. The molecule has 0 amide bonds. The van der Waals surface area contributed by atoms with E-state index < -0.39 is 12.0 Å². The molecular weight excluding hydrogens is 356 g/mol. The Kier molecular flexibility index (Phi) is 9.41. The van der Waals surface area contributed by atoms with Crippen molar-refractivity contribution >= 4 is 5.97 Å². The number of carbonyl (C=O) groups excluding carboxylic acids is 1. The molecule has 28 heavy (non-hydrogen) atoms. The van der Waals surface area contributed by atoms with Crippen LogP contribution in [-0.4, -0.2) is 25.2 Å². The number of carbonyl (C=O) groups is 1. The van der Waals surface area contributed by atoms with E-state index in [0.29, 0.717) is 19.6 Å². The van der Waals surface area contributed by atoms with Gasteiger partial charge in [-0.15, -0.1) is 0 Å². The van der Waals surface area contributed by atoms with Crippen LogP contribution in [0.4, 0.5) is 0 Å². The first-order chi connectivity index (χ1) is 13.7. The number of nitrogens with two attached hydrogens (primary N) is 1. The molecule has 0 aliphatic rings. The Hall–Kier alpha value is -3.02.